The summed E-state index contributed by atoms with van der Waals surface area (Å²) >= 11 is 0. The van der Waals surface area contributed by atoms with Gasteiger partial charge in [-0.25, -0.2) is 0 Å². The minimum atomic E-state index is -0.857. The smallest absolute Gasteiger partial charge is 0.308 e. The summed E-state index contributed by atoms with van der Waals surface area (Å²) in [6.07, 6.45) is -0.650. The largest absolute Gasteiger partial charge is 0.482 e. The number of carbonyl (C=O) groups is 2. The molecule has 0 aromatic heterocycles. The Morgan fingerprint density at radius 1 is 1.23 bits per heavy atom. The molecule has 3 rings (SSSR count). The predicted octanol–water partition coefficient (Wildman–Crippen LogP) is 1.57. The highest BCUT2D eigenvalue weighted by Gasteiger charge is 2.40. The van der Waals surface area contributed by atoms with Crippen molar-refractivity contribution in [1.82, 2.24) is 4.90 Å². The zero-order valence-corrected chi connectivity index (χ0v) is 12.9. The third kappa shape index (κ3) is 2.97. The minimum Gasteiger partial charge on any atom is -0.482 e. The quantitative estimate of drug-likeness (QED) is 0.892. The Kier molecular flexibility index (Phi) is 4.81. The SMILES string of the molecule is CC1Oc2ccccc2OC1C(=O)N1CCC(C(=O)O)C1.Cl. The van der Waals surface area contributed by atoms with Gasteiger partial charge in [-0.2, -0.15) is 0 Å². The van der Waals surface area contributed by atoms with Crippen molar-refractivity contribution in [3.05, 3.63) is 24.3 Å². The van der Waals surface area contributed by atoms with Gasteiger partial charge >= 0.3 is 5.97 Å². The molecule has 1 fully saturated rings. The van der Waals surface area contributed by atoms with Crippen molar-refractivity contribution >= 4 is 24.3 Å². The summed E-state index contributed by atoms with van der Waals surface area (Å²) in [5.41, 5.74) is 0. The van der Waals surface area contributed by atoms with Crippen molar-refractivity contribution in [3.8, 4) is 11.5 Å². The summed E-state index contributed by atoms with van der Waals surface area (Å²) in [7, 11) is 0. The van der Waals surface area contributed by atoms with Crippen molar-refractivity contribution in [2.75, 3.05) is 13.1 Å². The second-order valence-electron chi connectivity index (χ2n) is 5.42. The maximum Gasteiger partial charge on any atom is 0.308 e. The standard InChI is InChI=1S/C15H17NO5.ClH/c1-9-13(21-12-5-3-2-4-11(12)20-9)14(17)16-7-6-10(8-16)15(18)19;/h2-5,9-10,13H,6-8H2,1H3,(H,18,19);1H. The molecular weight excluding hydrogens is 310 g/mol. The average Bonchev–Trinajstić information content (AvgIpc) is 2.96. The lowest BCUT2D eigenvalue weighted by Crippen LogP contribution is -2.50. The molecule has 1 N–H and O–H groups in total. The van der Waals surface area contributed by atoms with E-state index in [1.807, 2.05) is 12.1 Å². The summed E-state index contributed by atoms with van der Waals surface area (Å²) in [6, 6.07) is 7.21. The zero-order chi connectivity index (χ0) is 15.0. The van der Waals surface area contributed by atoms with E-state index in [1.165, 1.54) is 0 Å². The number of fused-ring (bicyclic) bond motifs is 1. The van der Waals surface area contributed by atoms with Crippen LogP contribution in [0.25, 0.3) is 0 Å². The molecule has 0 bridgehead atoms. The number of likely N-dealkylation sites (tertiary alicyclic amines) is 1. The van der Waals surface area contributed by atoms with Crippen LogP contribution in [0.15, 0.2) is 24.3 Å². The van der Waals surface area contributed by atoms with E-state index in [0.717, 1.165) is 0 Å². The maximum absolute atomic E-state index is 12.5. The Hall–Kier alpha value is -1.95. The Bertz CT molecular complexity index is 579. The molecule has 22 heavy (non-hydrogen) atoms. The first-order valence-corrected chi connectivity index (χ1v) is 7.00. The summed E-state index contributed by atoms with van der Waals surface area (Å²) in [5, 5.41) is 9.01. The van der Waals surface area contributed by atoms with Gasteiger partial charge in [0.25, 0.3) is 5.91 Å². The Morgan fingerprint density at radius 3 is 2.45 bits per heavy atom. The van der Waals surface area contributed by atoms with Crippen molar-refractivity contribution in [2.45, 2.75) is 25.6 Å². The normalized spacial score (nSPS) is 26.2. The first-order chi connectivity index (χ1) is 10.1. The molecule has 7 heteroatoms. The molecule has 0 aliphatic carbocycles. The molecule has 6 nitrogen and oxygen atoms in total. The Balaban J connectivity index is 0.00000176. The van der Waals surface area contributed by atoms with Crippen LogP contribution >= 0.6 is 12.4 Å². The lowest BCUT2D eigenvalue weighted by atomic mass is 10.1. The molecule has 2 aliphatic rings. The van der Waals surface area contributed by atoms with E-state index < -0.39 is 24.1 Å². The fourth-order valence-electron chi connectivity index (χ4n) is 2.73. The molecule has 2 aliphatic heterocycles. The van der Waals surface area contributed by atoms with Gasteiger partial charge in [0.05, 0.1) is 5.92 Å². The lowest BCUT2D eigenvalue weighted by molar-refractivity contribution is -0.144. The third-order valence-corrected chi connectivity index (χ3v) is 3.93. The van der Waals surface area contributed by atoms with Gasteiger partial charge in [-0.3, -0.25) is 9.59 Å². The number of hydrogen-bond donors (Lipinski definition) is 1. The van der Waals surface area contributed by atoms with E-state index in [9.17, 15) is 9.59 Å². The number of hydrogen-bond acceptors (Lipinski definition) is 4. The topological polar surface area (TPSA) is 76.1 Å². The van der Waals surface area contributed by atoms with Gasteiger partial charge in [0.2, 0.25) is 6.10 Å². The highest BCUT2D eigenvalue weighted by atomic mass is 35.5. The molecule has 3 atom stereocenters. The number of aliphatic carboxylic acids is 1. The fraction of sp³-hybridized carbons (Fsp3) is 0.467. The molecule has 2 heterocycles. The molecule has 0 saturated carbocycles. The average molecular weight is 328 g/mol. The van der Waals surface area contributed by atoms with E-state index in [4.69, 9.17) is 14.6 Å². The maximum atomic E-state index is 12.5. The number of amides is 1. The highest BCUT2D eigenvalue weighted by Crippen LogP contribution is 2.34. The molecule has 120 valence electrons. The van der Waals surface area contributed by atoms with E-state index in [0.29, 0.717) is 24.5 Å². The van der Waals surface area contributed by atoms with Crippen LogP contribution in [0.4, 0.5) is 0 Å². The van der Waals surface area contributed by atoms with Gasteiger partial charge < -0.3 is 19.5 Å². The van der Waals surface area contributed by atoms with Crippen molar-refractivity contribution in [3.63, 3.8) is 0 Å². The van der Waals surface area contributed by atoms with Crippen LogP contribution in [0.1, 0.15) is 13.3 Å². The van der Waals surface area contributed by atoms with Gasteiger partial charge in [-0.05, 0) is 25.5 Å². The van der Waals surface area contributed by atoms with Crippen LogP contribution in [0, 0.1) is 5.92 Å². The number of rotatable bonds is 2. The summed E-state index contributed by atoms with van der Waals surface area (Å²) in [6.45, 7) is 2.47. The lowest BCUT2D eigenvalue weighted by Gasteiger charge is -2.33. The molecule has 1 aromatic rings. The van der Waals surface area contributed by atoms with Crippen molar-refractivity contribution in [1.29, 1.82) is 0 Å². The first kappa shape index (κ1) is 16.4. The second-order valence-corrected chi connectivity index (χ2v) is 5.42. The molecule has 0 spiro atoms. The fourth-order valence-corrected chi connectivity index (χ4v) is 2.73. The number of ether oxygens (including phenoxy) is 2. The van der Waals surface area contributed by atoms with Gasteiger partial charge in [0.15, 0.2) is 11.5 Å². The molecular formula is C15H18ClNO5. The summed E-state index contributed by atoms with van der Waals surface area (Å²) < 4.78 is 11.5. The first-order valence-electron chi connectivity index (χ1n) is 7.00. The monoisotopic (exact) mass is 327 g/mol. The number of benzene rings is 1. The Labute approximate surface area is 134 Å². The van der Waals surface area contributed by atoms with Crippen LogP contribution in [0.2, 0.25) is 0 Å². The number of carboxylic acids is 1. The van der Waals surface area contributed by atoms with Crippen LogP contribution in [-0.2, 0) is 9.59 Å². The van der Waals surface area contributed by atoms with E-state index in [-0.39, 0.29) is 24.9 Å². The summed E-state index contributed by atoms with van der Waals surface area (Å²) in [5.74, 6) is -0.381. The van der Waals surface area contributed by atoms with Crippen molar-refractivity contribution in [2.24, 2.45) is 5.92 Å². The van der Waals surface area contributed by atoms with Crippen LogP contribution in [0.3, 0.4) is 0 Å². The molecule has 1 saturated heterocycles. The van der Waals surface area contributed by atoms with Crippen molar-refractivity contribution < 1.29 is 24.2 Å². The second kappa shape index (κ2) is 6.44. The van der Waals surface area contributed by atoms with Crippen LogP contribution in [0.5, 0.6) is 11.5 Å². The molecule has 1 amide bonds. The number of nitrogens with zero attached hydrogens (tertiary/aromatic N) is 1. The molecule has 3 unspecified atom stereocenters. The van der Waals surface area contributed by atoms with Crippen LogP contribution < -0.4 is 9.47 Å². The zero-order valence-electron chi connectivity index (χ0n) is 12.1. The molecule has 1 aromatic carbocycles. The van der Waals surface area contributed by atoms with Gasteiger partial charge in [0.1, 0.15) is 6.10 Å². The minimum absolute atomic E-state index is 0. The van der Waals surface area contributed by atoms with Gasteiger partial charge in [-0.1, -0.05) is 12.1 Å². The number of para-hydroxylation sites is 2. The Morgan fingerprint density at radius 2 is 1.86 bits per heavy atom. The van der Waals surface area contributed by atoms with Gasteiger partial charge in [0, 0.05) is 13.1 Å². The van der Waals surface area contributed by atoms with E-state index in [2.05, 4.69) is 0 Å². The number of carbonyl (C=O) groups excluding carboxylic acids is 1. The van der Waals surface area contributed by atoms with Crippen LogP contribution in [-0.4, -0.2) is 47.2 Å². The molecule has 0 radical (unpaired) electrons. The predicted molar refractivity (Wildman–Crippen MR) is 80.5 cm³/mol. The van der Waals surface area contributed by atoms with E-state index >= 15 is 0 Å². The number of carboxylic acid groups (broad SMARTS) is 1. The third-order valence-electron chi connectivity index (χ3n) is 3.93. The highest BCUT2D eigenvalue weighted by molar-refractivity contribution is 5.85. The number of halogens is 1. The summed E-state index contributed by atoms with van der Waals surface area (Å²) in [4.78, 5) is 25.0. The van der Waals surface area contributed by atoms with E-state index in [1.54, 1.807) is 24.0 Å². The van der Waals surface area contributed by atoms with Gasteiger partial charge in [-0.15, -0.1) is 12.4 Å².